The quantitative estimate of drug-likeness (QED) is 0.433. The Labute approximate surface area is 196 Å². The highest BCUT2D eigenvalue weighted by molar-refractivity contribution is 5.90. The Morgan fingerprint density at radius 3 is 2.59 bits per heavy atom. The highest BCUT2D eigenvalue weighted by Crippen LogP contribution is 2.26. The van der Waals surface area contributed by atoms with Crippen LogP contribution in [0.2, 0.25) is 0 Å². The van der Waals surface area contributed by atoms with Gasteiger partial charge in [-0.1, -0.05) is 20.8 Å². The minimum Gasteiger partial charge on any atom is -0.497 e. The number of aromatic nitrogens is 4. The van der Waals surface area contributed by atoms with Gasteiger partial charge in [0.2, 0.25) is 5.91 Å². The van der Waals surface area contributed by atoms with Gasteiger partial charge in [0.25, 0.3) is 5.95 Å². The molecule has 0 radical (unpaired) electrons. The van der Waals surface area contributed by atoms with Gasteiger partial charge >= 0.3 is 5.63 Å². The van der Waals surface area contributed by atoms with Gasteiger partial charge in [0.15, 0.2) is 0 Å². The van der Waals surface area contributed by atoms with Crippen LogP contribution in [-0.2, 0) is 16.6 Å². The second-order valence-corrected chi connectivity index (χ2v) is 9.03. The first-order valence-corrected chi connectivity index (χ1v) is 11.0. The molecular weight excluding hydrogens is 434 g/mol. The molecule has 0 fully saturated rings. The van der Waals surface area contributed by atoms with Crippen molar-refractivity contribution in [2.24, 2.45) is 0 Å². The zero-order valence-electron chi connectivity index (χ0n) is 19.9. The minimum absolute atomic E-state index is 0.0962. The number of benzene rings is 1. The van der Waals surface area contributed by atoms with Crippen LogP contribution in [0.3, 0.4) is 0 Å². The molecule has 4 rings (SSSR count). The van der Waals surface area contributed by atoms with E-state index < -0.39 is 5.63 Å². The van der Waals surface area contributed by atoms with Gasteiger partial charge in [0.1, 0.15) is 17.2 Å². The second kappa shape index (κ2) is 9.09. The number of ether oxygens (including phenoxy) is 1. The molecule has 176 valence electrons. The number of nitrogens with zero attached hydrogens (tertiary/aromatic N) is 4. The fourth-order valence-corrected chi connectivity index (χ4v) is 3.62. The number of aryl methyl sites for hydroxylation is 1. The summed E-state index contributed by atoms with van der Waals surface area (Å²) in [6.07, 6.45) is 3.57. The third kappa shape index (κ3) is 4.68. The average Bonchev–Trinajstić information content (AvgIpc) is 3.23. The molecule has 3 aromatic heterocycles. The van der Waals surface area contributed by atoms with E-state index in [-0.39, 0.29) is 24.2 Å². The zero-order chi connectivity index (χ0) is 24.5. The van der Waals surface area contributed by atoms with Crippen molar-refractivity contribution in [2.75, 3.05) is 12.4 Å². The number of amides is 1. The van der Waals surface area contributed by atoms with E-state index in [2.05, 4.69) is 20.4 Å². The van der Waals surface area contributed by atoms with E-state index in [9.17, 15) is 9.59 Å². The Hall–Kier alpha value is -4.01. The van der Waals surface area contributed by atoms with Crippen molar-refractivity contribution < 1.29 is 13.9 Å². The van der Waals surface area contributed by atoms with Crippen LogP contribution in [0.15, 0.2) is 51.9 Å². The van der Waals surface area contributed by atoms with Crippen LogP contribution in [0, 0.1) is 6.92 Å². The first kappa shape index (κ1) is 23.2. The number of rotatable bonds is 6. The molecule has 0 saturated carbocycles. The summed E-state index contributed by atoms with van der Waals surface area (Å²) in [6, 6.07) is 8.87. The number of carbonyl (C=O) groups excluding carboxylic acids is 1. The maximum absolute atomic E-state index is 12.9. The van der Waals surface area contributed by atoms with Crippen molar-refractivity contribution in [2.45, 2.75) is 46.0 Å². The number of hydrogen-bond acceptors (Lipinski definition) is 7. The van der Waals surface area contributed by atoms with Crippen molar-refractivity contribution in [3.8, 4) is 11.7 Å². The van der Waals surface area contributed by atoms with Crippen molar-refractivity contribution >= 4 is 22.7 Å². The third-order valence-corrected chi connectivity index (χ3v) is 5.58. The second-order valence-electron chi connectivity index (χ2n) is 9.03. The molecule has 0 unspecified atom stereocenters. The summed E-state index contributed by atoms with van der Waals surface area (Å²) in [5, 5.41) is 8.31. The lowest BCUT2D eigenvalue weighted by atomic mass is 9.92. The van der Waals surface area contributed by atoms with E-state index in [1.807, 2.05) is 45.9 Å². The summed E-state index contributed by atoms with van der Waals surface area (Å²) in [7, 11) is 1.55. The van der Waals surface area contributed by atoms with E-state index in [4.69, 9.17) is 9.15 Å². The predicted octanol–water partition coefficient (Wildman–Crippen LogP) is 3.95. The van der Waals surface area contributed by atoms with Gasteiger partial charge in [-0.3, -0.25) is 4.79 Å². The van der Waals surface area contributed by atoms with Gasteiger partial charge in [-0.25, -0.2) is 14.8 Å². The molecule has 0 aliphatic rings. The number of anilines is 1. The van der Waals surface area contributed by atoms with E-state index in [1.165, 1.54) is 4.68 Å². The number of fused-ring (bicyclic) bond motifs is 1. The lowest BCUT2D eigenvalue weighted by Gasteiger charge is -2.13. The molecule has 0 saturated heterocycles. The summed E-state index contributed by atoms with van der Waals surface area (Å²) < 4.78 is 12.2. The van der Waals surface area contributed by atoms with Crippen molar-refractivity contribution in [1.82, 2.24) is 19.7 Å². The SMILES string of the molecule is COc1ccc2c(C)c(CCC(=O)Nc3cc(C(C)(C)C)nn3-c3ncccn3)c(=O)oc2c1. The van der Waals surface area contributed by atoms with Crippen LogP contribution in [0.5, 0.6) is 5.75 Å². The normalized spacial score (nSPS) is 11.6. The molecule has 0 aliphatic heterocycles. The molecule has 0 aliphatic carbocycles. The van der Waals surface area contributed by atoms with Crippen LogP contribution >= 0.6 is 0 Å². The monoisotopic (exact) mass is 461 g/mol. The third-order valence-electron chi connectivity index (χ3n) is 5.58. The molecule has 9 nitrogen and oxygen atoms in total. The maximum Gasteiger partial charge on any atom is 0.339 e. The van der Waals surface area contributed by atoms with Crippen molar-refractivity contribution in [1.29, 1.82) is 0 Å². The minimum atomic E-state index is -0.455. The molecule has 3 heterocycles. The van der Waals surface area contributed by atoms with Gasteiger partial charge in [0.05, 0.1) is 12.8 Å². The lowest BCUT2D eigenvalue weighted by molar-refractivity contribution is -0.116. The molecule has 1 N–H and O–H groups in total. The molecule has 9 heteroatoms. The predicted molar refractivity (Wildman–Crippen MR) is 129 cm³/mol. The van der Waals surface area contributed by atoms with Crippen LogP contribution in [0.4, 0.5) is 5.82 Å². The fraction of sp³-hybridized carbons (Fsp3) is 0.320. The Balaban J connectivity index is 1.57. The van der Waals surface area contributed by atoms with Gasteiger partial charge < -0.3 is 14.5 Å². The first-order chi connectivity index (χ1) is 16.2. The van der Waals surface area contributed by atoms with Crippen molar-refractivity contribution in [3.05, 3.63) is 70.0 Å². The highest BCUT2D eigenvalue weighted by Gasteiger charge is 2.22. The molecule has 0 spiro atoms. The van der Waals surface area contributed by atoms with Gasteiger partial charge in [0, 0.05) is 47.3 Å². The molecule has 1 amide bonds. The lowest BCUT2D eigenvalue weighted by Crippen LogP contribution is -2.18. The average molecular weight is 462 g/mol. The zero-order valence-corrected chi connectivity index (χ0v) is 19.9. The number of hydrogen-bond donors (Lipinski definition) is 1. The van der Waals surface area contributed by atoms with Crippen molar-refractivity contribution in [3.63, 3.8) is 0 Å². The summed E-state index contributed by atoms with van der Waals surface area (Å²) in [6.45, 7) is 7.97. The van der Waals surface area contributed by atoms with Gasteiger partial charge in [-0.2, -0.15) is 9.78 Å². The van der Waals surface area contributed by atoms with E-state index in [1.54, 1.807) is 31.6 Å². The topological polar surface area (TPSA) is 112 Å². The van der Waals surface area contributed by atoms with Crippen LogP contribution in [0.1, 0.15) is 44.0 Å². The molecule has 4 aromatic rings. The van der Waals surface area contributed by atoms with E-state index in [0.29, 0.717) is 28.7 Å². The highest BCUT2D eigenvalue weighted by atomic mass is 16.5. The fourth-order valence-electron chi connectivity index (χ4n) is 3.62. The standard InChI is InChI=1S/C25H27N5O4/c1-15-17-8-7-16(33-5)13-19(17)34-23(32)18(15)9-10-22(31)28-21-14-20(25(2,3)4)29-30(21)24-26-11-6-12-27-24/h6-8,11-14H,9-10H2,1-5H3,(H,28,31). The number of nitrogens with one attached hydrogen (secondary N) is 1. The Kier molecular flexibility index (Phi) is 6.19. The Morgan fingerprint density at radius 1 is 1.18 bits per heavy atom. The van der Waals surface area contributed by atoms with Gasteiger partial charge in [-0.05, 0) is 37.1 Å². The molecule has 34 heavy (non-hydrogen) atoms. The Bertz CT molecular complexity index is 1400. The van der Waals surface area contributed by atoms with Crippen LogP contribution < -0.4 is 15.7 Å². The van der Waals surface area contributed by atoms with E-state index in [0.717, 1.165) is 16.6 Å². The first-order valence-electron chi connectivity index (χ1n) is 11.0. The van der Waals surface area contributed by atoms with Crippen LogP contribution in [0.25, 0.3) is 16.9 Å². The largest absolute Gasteiger partial charge is 0.497 e. The van der Waals surface area contributed by atoms with Gasteiger partial charge in [-0.15, -0.1) is 0 Å². The molecule has 1 aromatic carbocycles. The Morgan fingerprint density at radius 2 is 1.91 bits per heavy atom. The summed E-state index contributed by atoms with van der Waals surface area (Å²) in [5.74, 6) is 1.17. The summed E-state index contributed by atoms with van der Waals surface area (Å²) in [4.78, 5) is 34.0. The smallest absolute Gasteiger partial charge is 0.339 e. The molecule has 0 atom stereocenters. The molecular formula is C25H27N5O4. The number of methoxy groups -OCH3 is 1. The number of carbonyl (C=O) groups is 1. The van der Waals surface area contributed by atoms with E-state index >= 15 is 0 Å². The summed E-state index contributed by atoms with van der Waals surface area (Å²) >= 11 is 0. The van der Waals surface area contributed by atoms with Crippen LogP contribution in [-0.4, -0.2) is 32.8 Å². The summed E-state index contributed by atoms with van der Waals surface area (Å²) in [5.41, 5.74) is 1.82. The molecule has 0 bridgehead atoms. The maximum atomic E-state index is 12.9.